The van der Waals surface area contributed by atoms with Gasteiger partial charge in [-0.25, -0.2) is 4.90 Å². The van der Waals surface area contributed by atoms with Gasteiger partial charge in [0.15, 0.2) is 5.76 Å². The van der Waals surface area contributed by atoms with Crippen LogP contribution in [0, 0.1) is 6.92 Å². The molecule has 0 radical (unpaired) electrons. The molecule has 2 amide bonds. The average molecular weight is 344 g/mol. The van der Waals surface area contributed by atoms with Gasteiger partial charge in [0.1, 0.15) is 5.75 Å². The number of aliphatic hydroxyl groups is 1. The number of hydrogen-bond acceptors (Lipinski definition) is 4. The highest BCUT2D eigenvalue weighted by atomic mass is 35.5. The smallest absolute Gasteiger partial charge is 0.301 e. The third-order valence-electron chi connectivity index (χ3n) is 3.79. The molecular formula is C18H14ClNO4. The van der Waals surface area contributed by atoms with E-state index in [1.165, 1.54) is 19.2 Å². The first-order chi connectivity index (χ1) is 11.4. The van der Waals surface area contributed by atoms with Crippen LogP contribution in [0.4, 0.5) is 5.69 Å². The molecule has 0 aliphatic carbocycles. The second-order valence-corrected chi connectivity index (χ2v) is 5.76. The van der Waals surface area contributed by atoms with Crippen LogP contribution in [0.15, 0.2) is 48.2 Å². The molecule has 1 heterocycles. The van der Waals surface area contributed by atoms with E-state index in [2.05, 4.69) is 0 Å². The summed E-state index contributed by atoms with van der Waals surface area (Å²) < 4.78 is 5.06. The minimum absolute atomic E-state index is 0.0214. The number of imide groups is 1. The molecule has 0 aromatic heterocycles. The van der Waals surface area contributed by atoms with E-state index < -0.39 is 17.6 Å². The van der Waals surface area contributed by atoms with Crippen molar-refractivity contribution in [3.63, 3.8) is 0 Å². The predicted molar refractivity (Wildman–Crippen MR) is 91.2 cm³/mol. The molecule has 24 heavy (non-hydrogen) atoms. The Morgan fingerprint density at radius 3 is 2.29 bits per heavy atom. The summed E-state index contributed by atoms with van der Waals surface area (Å²) in [6, 6.07) is 11.5. The van der Waals surface area contributed by atoms with Gasteiger partial charge in [-0.15, -0.1) is 0 Å². The zero-order chi connectivity index (χ0) is 17.4. The van der Waals surface area contributed by atoms with Gasteiger partial charge in [-0.1, -0.05) is 41.4 Å². The molecule has 1 aliphatic heterocycles. The number of halogens is 1. The Morgan fingerprint density at radius 1 is 1.04 bits per heavy atom. The van der Waals surface area contributed by atoms with Gasteiger partial charge in [-0.2, -0.15) is 0 Å². The molecule has 1 N–H and O–H groups in total. The summed E-state index contributed by atoms with van der Waals surface area (Å²) in [6.45, 7) is 1.91. The van der Waals surface area contributed by atoms with E-state index in [9.17, 15) is 14.7 Å². The molecule has 6 heteroatoms. The number of benzene rings is 2. The number of ether oxygens (including phenoxy) is 1. The molecule has 0 spiro atoms. The van der Waals surface area contributed by atoms with Gasteiger partial charge >= 0.3 is 5.91 Å². The number of aryl methyl sites for hydroxylation is 1. The van der Waals surface area contributed by atoms with Gasteiger partial charge in [0.25, 0.3) is 5.91 Å². The maximum Gasteiger partial charge on any atom is 0.301 e. The van der Waals surface area contributed by atoms with E-state index >= 15 is 0 Å². The fourth-order valence-corrected chi connectivity index (χ4v) is 2.78. The Balaban J connectivity index is 2.02. The number of carbonyl (C=O) groups is 2. The fourth-order valence-electron chi connectivity index (χ4n) is 2.53. The molecule has 1 aliphatic rings. The number of hydrogen-bond donors (Lipinski definition) is 1. The Morgan fingerprint density at radius 2 is 1.71 bits per heavy atom. The van der Waals surface area contributed by atoms with Crippen molar-refractivity contribution in [2.45, 2.75) is 6.92 Å². The van der Waals surface area contributed by atoms with Crippen LogP contribution in [0.3, 0.4) is 0 Å². The maximum atomic E-state index is 12.7. The second-order valence-electron chi connectivity index (χ2n) is 5.35. The zero-order valence-corrected chi connectivity index (χ0v) is 13.8. The van der Waals surface area contributed by atoms with Crippen molar-refractivity contribution in [3.05, 3.63) is 64.4 Å². The molecule has 3 rings (SSSR count). The molecule has 0 saturated carbocycles. The van der Waals surface area contributed by atoms with Crippen molar-refractivity contribution < 1.29 is 19.4 Å². The van der Waals surface area contributed by atoms with Gasteiger partial charge in [0.05, 0.1) is 23.4 Å². The minimum atomic E-state index is -0.781. The molecule has 0 saturated heterocycles. The van der Waals surface area contributed by atoms with Crippen molar-refractivity contribution in [2.24, 2.45) is 0 Å². The van der Waals surface area contributed by atoms with Crippen molar-refractivity contribution in [2.75, 3.05) is 12.0 Å². The fraction of sp³-hybridized carbons (Fsp3) is 0.111. The lowest BCUT2D eigenvalue weighted by atomic mass is 10.0. The summed E-state index contributed by atoms with van der Waals surface area (Å²) in [5.41, 5.74) is 1.74. The summed E-state index contributed by atoms with van der Waals surface area (Å²) in [7, 11) is 1.47. The molecule has 2 aromatic carbocycles. The van der Waals surface area contributed by atoms with Gasteiger partial charge in [0, 0.05) is 0 Å². The van der Waals surface area contributed by atoms with Crippen LogP contribution < -0.4 is 9.64 Å². The lowest BCUT2D eigenvalue weighted by Crippen LogP contribution is -2.31. The highest BCUT2D eigenvalue weighted by Gasteiger charge is 2.40. The van der Waals surface area contributed by atoms with Crippen LogP contribution in [0.5, 0.6) is 5.75 Å². The van der Waals surface area contributed by atoms with Crippen LogP contribution in [-0.2, 0) is 9.59 Å². The van der Waals surface area contributed by atoms with Crippen molar-refractivity contribution >= 4 is 34.7 Å². The van der Waals surface area contributed by atoms with Gasteiger partial charge in [0.2, 0.25) is 0 Å². The number of nitrogens with zero attached hydrogens (tertiary/aromatic N) is 1. The monoisotopic (exact) mass is 343 g/mol. The number of carbonyl (C=O) groups excluding carboxylic acids is 2. The lowest BCUT2D eigenvalue weighted by Gasteiger charge is -2.15. The summed E-state index contributed by atoms with van der Waals surface area (Å²) in [6.07, 6.45) is 0. The Bertz CT molecular complexity index is 871. The van der Waals surface area contributed by atoms with E-state index in [4.69, 9.17) is 16.3 Å². The van der Waals surface area contributed by atoms with Crippen LogP contribution in [-0.4, -0.2) is 24.0 Å². The highest BCUT2D eigenvalue weighted by molar-refractivity contribution is 6.45. The third kappa shape index (κ3) is 2.53. The second kappa shape index (κ2) is 6.02. The van der Waals surface area contributed by atoms with E-state index in [-0.39, 0.29) is 16.3 Å². The van der Waals surface area contributed by atoms with Gasteiger partial charge in [-0.3, -0.25) is 9.59 Å². The molecule has 0 fully saturated rings. The first-order valence-electron chi connectivity index (χ1n) is 7.16. The zero-order valence-electron chi connectivity index (χ0n) is 13.0. The normalized spacial score (nSPS) is 14.5. The van der Waals surface area contributed by atoms with Gasteiger partial charge < -0.3 is 9.84 Å². The number of amides is 2. The average Bonchev–Trinajstić information content (AvgIpc) is 2.78. The number of methoxy groups -OCH3 is 1. The largest absolute Gasteiger partial charge is 0.502 e. The standard InChI is InChI=1S/C18H14ClNO4/c1-10-3-5-11(6-4-10)15-16(21)18(23)20(17(15)22)12-7-8-14(24-2)13(19)9-12/h3-9,21H,1-2H3. The first kappa shape index (κ1) is 16.1. The van der Waals surface area contributed by atoms with Crippen LogP contribution in [0.2, 0.25) is 5.02 Å². The lowest BCUT2D eigenvalue weighted by molar-refractivity contribution is -0.121. The molecule has 5 nitrogen and oxygen atoms in total. The quantitative estimate of drug-likeness (QED) is 0.866. The van der Waals surface area contributed by atoms with E-state index in [1.54, 1.807) is 30.3 Å². The Labute approximate surface area is 143 Å². The van der Waals surface area contributed by atoms with Crippen molar-refractivity contribution in [1.82, 2.24) is 0 Å². The number of aliphatic hydroxyl groups excluding tert-OH is 1. The molecule has 0 atom stereocenters. The Kier molecular flexibility index (Phi) is 4.03. The summed E-state index contributed by atoms with van der Waals surface area (Å²) >= 11 is 6.06. The summed E-state index contributed by atoms with van der Waals surface area (Å²) in [5, 5.41) is 10.4. The van der Waals surface area contributed by atoms with Crippen LogP contribution in [0.25, 0.3) is 5.57 Å². The van der Waals surface area contributed by atoms with Crippen LogP contribution in [0.1, 0.15) is 11.1 Å². The van der Waals surface area contributed by atoms with Crippen molar-refractivity contribution in [1.29, 1.82) is 0 Å². The topological polar surface area (TPSA) is 66.8 Å². The molecule has 0 bridgehead atoms. The molecule has 0 unspecified atom stereocenters. The summed E-state index contributed by atoms with van der Waals surface area (Å²) in [5.74, 6) is -1.52. The van der Waals surface area contributed by atoms with Crippen molar-refractivity contribution in [3.8, 4) is 5.75 Å². The van der Waals surface area contributed by atoms with E-state index in [1.807, 2.05) is 6.92 Å². The minimum Gasteiger partial charge on any atom is -0.502 e. The first-order valence-corrected chi connectivity index (χ1v) is 7.54. The van der Waals surface area contributed by atoms with E-state index in [0.29, 0.717) is 11.3 Å². The molecule has 122 valence electrons. The Hall–Kier alpha value is -2.79. The SMILES string of the molecule is COc1ccc(N2C(=O)C(O)=C(c3ccc(C)cc3)C2=O)cc1Cl. The number of anilines is 1. The van der Waals surface area contributed by atoms with E-state index in [0.717, 1.165) is 10.5 Å². The van der Waals surface area contributed by atoms with Gasteiger partial charge in [-0.05, 0) is 30.7 Å². The summed E-state index contributed by atoms with van der Waals surface area (Å²) in [4.78, 5) is 25.9. The molecule has 2 aromatic rings. The van der Waals surface area contributed by atoms with Crippen LogP contribution >= 0.6 is 11.6 Å². The highest BCUT2D eigenvalue weighted by Crippen LogP contribution is 2.35. The third-order valence-corrected chi connectivity index (χ3v) is 4.09. The number of rotatable bonds is 3. The molecular weight excluding hydrogens is 330 g/mol. The predicted octanol–water partition coefficient (Wildman–Crippen LogP) is 3.50. The maximum absolute atomic E-state index is 12.7.